The standard InChI is InChI=1S/C21H28N6O2S/c1-6-17(26(4)5)19-23-24-21(27(19)13-16-10-8-7-9-11-16)30-15(3)20(28)22-18-12-14(2)29-25-18/h7-12,15,17H,6,13H2,1-5H3,(H,22,25,28)/t15-,17-/m1/s1. The normalized spacial score (nSPS) is 13.4. The molecule has 0 bridgehead atoms. The van der Waals surface area contributed by atoms with Crippen molar-refractivity contribution in [3.63, 3.8) is 0 Å². The summed E-state index contributed by atoms with van der Waals surface area (Å²) in [7, 11) is 4.08. The summed E-state index contributed by atoms with van der Waals surface area (Å²) in [5, 5.41) is 15.9. The predicted molar refractivity (Wildman–Crippen MR) is 117 cm³/mol. The lowest BCUT2D eigenvalue weighted by Gasteiger charge is -2.23. The maximum Gasteiger partial charge on any atom is 0.238 e. The highest BCUT2D eigenvalue weighted by atomic mass is 32.2. The van der Waals surface area contributed by atoms with Gasteiger partial charge in [-0.25, -0.2) is 0 Å². The fourth-order valence-corrected chi connectivity index (χ4v) is 4.05. The minimum Gasteiger partial charge on any atom is -0.360 e. The number of carbonyl (C=O) groups is 1. The van der Waals surface area contributed by atoms with Gasteiger partial charge in [0.05, 0.1) is 17.8 Å². The summed E-state index contributed by atoms with van der Waals surface area (Å²) < 4.78 is 7.12. The van der Waals surface area contributed by atoms with E-state index < -0.39 is 0 Å². The van der Waals surface area contributed by atoms with Crippen LogP contribution in [0.1, 0.15) is 43.5 Å². The Morgan fingerprint density at radius 1 is 1.27 bits per heavy atom. The zero-order valence-electron chi connectivity index (χ0n) is 18.0. The van der Waals surface area contributed by atoms with Gasteiger partial charge in [-0.3, -0.25) is 9.69 Å². The molecule has 1 N–H and O–H groups in total. The maximum atomic E-state index is 12.6. The lowest BCUT2D eigenvalue weighted by molar-refractivity contribution is -0.115. The van der Waals surface area contributed by atoms with E-state index in [1.165, 1.54) is 11.8 Å². The molecule has 9 heteroatoms. The summed E-state index contributed by atoms with van der Waals surface area (Å²) >= 11 is 1.38. The topological polar surface area (TPSA) is 89.1 Å². The fraction of sp³-hybridized carbons (Fsp3) is 0.429. The summed E-state index contributed by atoms with van der Waals surface area (Å²) in [5.74, 6) is 1.79. The second-order valence-corrected chi connectivity index (χ2v) is 8.68. The summed E-state index contributed by atoms with van der Waals surface area (Å²) in [4.78, 5) is 14.8. The third kappa shape index (κ3) is 5.28. The second kappa shape index (κ2) is 9.90. The van der Waals surface area contributed by atoms with Crippen LogP contribution in [0.15, 0.2) is 46.1 Å². The minimum absolute atomic E-state index is 0.137. The first-order chi connectivity index (χ1) is 14.4. The number of nitrogens with zero attached hydrogens (tertiary/aromatic N) is 5. The summed E-state index contributed by atoms with van der Waals surface area (Å²) in [6.45, 7) is 6.41. The van der Waals surface area contributed by atoms with Crippen molar-refractivity contribution in [2.45, 2.75) is 50.2 Å². The van der Waals surface area contributed by atoms with Gasteiger partial charge in [-0.2, -0.15) is 0 Å². The Balaban J connectivity index is 1.83. The molecule has 30 heavy (non-hydrogen) atoms. The molecule has 0 aliphatic carbocycles. The molecule has 2 heterocycles. The Morgan fingerprint density at radius 2 is 2.00 bits per heavy atom. The molecular formula is C21H28N6O2S. The number of aromatic nitrogens is 4. The van der Waals surface area contributed by atoms with Crippen LogP contribution in [0.3, 0.4) is 0 Å². The van der Waals surface area contributed by atoms with Crippen LogP contribution in [-0.4, -0.2) is 50.1 Å². The number of aryl methyl sites for hydroxylation is 1. The van der Waals surface area contributed by atoms with Crippen molar-refractivity contribution in [1.82, 2.24) is 24.8 Å². The number of thioether (sulfide) groups is 1. The number of benzene rings is 1. The smallest absolute Gasteiger partial charge is 0.238 e. The molecule has 8 nitrogen and oxygen atoms in total. The van der Waals surface area contributed by atoms with Crippen LogP contribution in [0.4, 0.5) is 5.82 Å². The molecular weight excluding hydrogens is 400 g/mol. The number of anilines is 1. The third-order valence-electron chi connectivity index (χ3n) is 4.77. The van der Waals surface area contributed by atoms with E-state index in [0.29, 0.717) is 23.3 Å². The molecule has 0 spiro atoms. The molecule has 0 aliphatic heterocycles. The van der Waals surface area contributed by atoms with Gasteiger partial charge in [-0.1, -0.05) is 54.2 Å². The highest BCUT2D eigenvalue weighted by Crippen LogP contribution is 2.29. The Bertz CT molecular complexity index is 969. The Hall–Kier alpha value is -2.65. The van der Waals surface area contributed by atoms with Crippen molar-refractivity contribution in [1.29, 1.82) is 0 Å². The van der Waals surface area contributed by atoms with Gasteiger partial charge < -0.3 is 14.4 Å². The largest absolute Gasteiger partial charge is 0.360 e. The molecule has 1 aromatic carbocycles. The Morgan fingerprint density at radius 3 is 2.60 bits per heavy atom. The van der Waals surface area contributed by atoms with Crippen molar-refractivity contribution >= 4 is 23.5 Å². The molecule has 3 aromatic rings. The number of carbonyl (C=O) groups excluding carboxylic acids is 1. The van der Waals surface area contributed by atoms with Crippen molar-refractivity contribution in [3.8, 4) is 0 Å². The number of nitrogens with one attached hydrogen (secondary N) is 1. The quantitative estimate of drug-likeness (QED) is 0.519. The first-order valence-corrected chi connectivity index (χ1v) is 10.8. The summed E-state index contributed by atoms with van der Waals surface area (Å²) in [6.07, 6.45) is 0.909. The number of amides is 1. The van der Waals surface area contributed by atoms with Crippen LogP contribution in [0.2, 0.25) is 0 Å². The zero-order chi connectivity index (χ0) is 21.7. The van der Waals surface area contributed by atoms with Crippen LogP contribution in [0.25, 0.3) is 0 Å². The van der Waals surface area contributed by atoms with E-state index >= 15 is 0 Å². The minimum atomic E-state index is -0.381. The summed E-state index contributed by atoms with van der Waals surface area (Å²) in [5.41, 5.74) is 1.16. The van der Waals surface area contributed by atoms with Crippen LogP contribution >= 0.6 is 11.8 Å². The first kappa shape index (κ1) is 22.0. The summed E-state index contributed by atoms with van der Waals surface area (Å²) in [6, 6.07) is 12.0. The molecule has 160 valence electrons. The van der Waals surface area contributed by atoms with E-state index in [9.17, 15) is 4.79 Å². The molecule has 0 aliphatic rings. The third-order valence-corrected chi connectivity index (χ3v) is 5.85. The lowest BCUT2D eigenvalue weighted by atomic mass is 10.2. The molecule has 2 aromatic heterocycles. The Kier molecular flexibility index (Phi) is 7.28. The molecule has 0 fully saturated rings. The van der Waals surface area contributed by atoms with Gasteiger partial charge in [-0.05, 0) is 39.9 Å². The van der Waals surface area contributed by atoms with E-state index in [0.717, 1.165) is 17.8 Å². The average Bonchev–Trinajstić information content (AvgIpc) is 3.29. The van der Waals surface area contributed by atoms with Gasteiger partial charge in [0.1, 0.15) is 5.76 Å². The second-order valence-electron chi connectivity index (χ2n) is 7.37. The van der Waals surface area contributed by atoms with E-state index in [1.54, 1.807) is 13.0 Å². The maximum absolute atomic E-state index is 12.6. The van der Waals surface area contributed by atoms with Crippen molar-refractivity contribution < 1.29 is 9.32 Å². The zero-order valence-corrected chi connectivity index (χ0v) is 18.8. The fourth-order valence-electron chi connectivity index (χ4n) is 3.19. The molecule has 0 radical (unpaired) electrons. The van der Waals surface area contributed by atoms with Gasteiger partial charge in [0, 0.05) is 6.07 Å². The van der Waals surface area contributed by atoms with E-state index in [2.05, 4.69) is 49.2 Å². The van der Waals surface area contributed by atoms with Gasteiger partial charge in [0.25, 0.3) is 0 Å². The predicted octanol–water partition coefficient (Wildman–Crippen LogP) is 3.75. The average molecular weight is 429 g/mol. The van der Waals surface area contributed by atoms with Crippen LogP contribution in [-0.2, 0) is 11.3 Å². The van der Waals surface area contributed by atoms with Crippen LogP contribution < -0.4 is 5.32 Å². The van der Waals surface area contributed by atoms with Gasteiger partial charge >= 0.3 is 0 Å². The van der Waals surface area contributed by atoms with Crippen LogP contribution in [0, 0.1) is 6.92 Å². The van der Waals surface area contributed by atoms with Gasteiger partial charge in [-0.15, -0.1) is 10.2 Å². The molecule has 0 saturated carbocycles. The SMILES string of the molecule is CC[C@H](c1nnc(S[C@H](C)C(=O)Nc2cc(C)on2)n1Cc1ccccc1)N(C)C. The van der Waals surface area contributed by atoms with E-state index in [1.807, 2.05) is 39.2 Å². The number of rotatable bonds is 9. The van der Waals surface area contributed by atoms with Crippen molar-refractivity contribution in [2.75, 3.05) is 19.4 Å². The number of hydrogen-bond donors (Lipinski definition) is 1. The Labute approximate surface area is 181 Å². The van der Waals surface area contributed by atoms with E-state index in [4.69, 9.17) is 4.52 Å². The van der Waals surface area contributed by atoms with Crippen molar-refractivity contribution in [2.24, 2.45) is 0 Å². The van der Waals surface area contributed by atoms with E-state index in [-0.39, 0.29) is 17.2 Å². The first-order valence-electron chi connectivity index (χ1n) is 9.93. The highest BCUT2D eigenvalue weighted by Gasteiger charge is 2.25. The molecule has 2 atom stereocenters. The molecule has 3 rings (SSSR count). The number of hydrogen-bond acceptors (Lipinski definition) is 7. The molecule has 0 unspecified atom stereocenters. The lowest BCUT2D eigenvalue weighted by Crippen LogP contribution is -2.25. The van der Waals surface area contributed by atoms with Gasteiger partial charge in [0.15, 0.2) is 16.8 Å². The monoisotopic (exact) mass is 428 g/mol. The van der Waals surface area contributed by atoms with Gasteiger partial charge in [0.2, 0.25) is 5.91 Å². The molecule has 0 saturated heterocycles. The molecule has 1 amide bonds. The van der Waals surface area contributed by atoms with Crippen LogP contribution in [0.5, 0.6) is 0 Å². The highest BCUT2D eigenvalue weighted by molar-refractivity contribution is 8.00. The van der Waals surface area contributed by atoms with Crippen molar-refractivity contribution in [3.05, 3.63) is 53.5 Å².